The van der Waals surface area contributed by atoms with Crippen LogP contribution in [-0.2, 0) is 27.5 Å². The van der Waals surface area contributed by atoms with E-state index in [9.17, 15) is 14.4 Å². The molecule has 0 aliphatic carbocycles. The third kappa shape index (κ3) is 5.53. The number of carbonyl (C=O) groups excluding carboxylic acids is 3. The number of amides is 4. The van der Waals surface area contributed by atoms with Crippen molar-refractivity contribution in [3.8, 4) is 0 Å². The van der Waals surface area contributed by atoms with Gasteiger partial charge in [0.05, 0.1) is 6.04 Å². The molecular formula is C34H37N5O4. The number of hydrogen-bond donors (Lipinski definition) is 2. The molecule has 2 heterocycles. The summed E-state index contributed by atoms with van der Waals surface area (Å²) in [5.41, 5.74) is 7.74. The Kier molecular flexibility index (Phi) is 8.26. The van der Waals surface area contributed by atoms with Gasteiger partial charge in [-0.25, -0.2) is 4.79 Å². The second kappa shape index (κ2) is 12.4. The van der Waals surface area contributed by atoms with Crippen molar-refractivity contribution in [2.24, 2.45) is 5.73 Å². The Bertz CT molecular complexity index is 1650. The van der Waals surface area contributed by atoms with E-state index < -0.39 is 24.3 Å². The van der Waals surface area contributed by atoms with Crippen molar-refractivity contribution in [3.63, 3.8) is 0 Å². The first-order chi connectivity index (χ1) is 21.0. The summed E-state index contributed by atoms with van der Waals surface area (Å²) < 4.78 is 0. The third-order valence-electron chi connectivity index (χ3n) is 8.63. The number of benzene rings is 4. The maximum atomic E-state index is 14.1. The van der Waals surface area contributed by atoms with Gasteiger partial charge < -0.3 is 20.9 Å². The predicted molar refractivity (Wildman–Crippen MR) is 165 cm³/mol. The molecule has 0 spiro atoms. The number of carbonyl (C=O) groups is 3. The van der Waals surface area contributed by atoms with Gasteiger partial charge in [-0.1, -0.05) is 84.9 Å². The van der Waals surface area contributed by atoms with Gasteiger partial charge in [-0.2, -0.15) is 5.06 Å². The lowest BCUT2D eigenvalue weighted by Gasteiger charge is -2.54. The van der Waals surface area contributed by atoms with Gasteiger partial charge in [-0.05, 0) is 65.4 Å². The number of unbranched alkanes of at least 4 members (excludes halogenated alkanes) is 1. The molecule has 2 saturated heterocycles. The fourth-order valence-corrected chi connectivity index (χ4v) is 6.45. The molecule has 222 valence electrons. The van der Waals surface area contributed by atoms with Crippen LogP contribution in [0.1, 0.15) is 37.3 Å². The van der Waals surface area contributed by atoms with Crippen LogP contribution in [0.15, 0.2) is 84.9 Å². The number of nitrogens with two attached hydrogens (primary N) is 1. The molecule has 9 heteroatoms. The average molecular weight is 580 g/mol. The molecule has 0 saturated carbocycles. The maximum absolute atomic E-state index is 14.1. The van der Waals surface area contributed by atoms with E-state index in [-0.39, 0.29) is 25.0 Å². The number of nitrogens with one attached hydrogen (secondary N) is 1. The standard InChI is InChI=1S/C34H37N5O4/c1-23-32-38(31(40)22-43-39(32)34(42)36-20-26-14-8-12-24-10-2-4-16-28(24)26)30(18-6-7-19-35)33(41)37(23)21-27-15-9-13-25-11-3-5-17-29(25)27/h2-5,8-17,23,30,32H,6-7,18-22,35H2,1H3,(H,36,42)/t23-,30-,32-/m0/s1. The van der Waals surface area contributed by atoms with Gasteiger partial charge in [0.15, 0.2) is 12.8 Å². The lowest BCUT2D eigenvalue weighted by Crippen LogP contribution is -2.75. The predicted octanol–water partition coefficient (Wildman–Crippen LogP) is 4.53. The van der Waals surface area contributed by atoms with Crippen LogP contribution in [0.2, 0.25) is 0 Å². The number of hydroxylamine groups is 2. The van der Waals surface area contributed by atoms with Crippen LogP contribution in [0.3, 0.4) is 0 Å². The summed E-state index contributed by atoms with van der Waals surface area (Å²) in [6, 6.07) is 26.4. The molecular weight excluding hydrogens is 542 g/mol. The minimum atomic E-state index is -0.788. The average Bonchev–Trinajstić information content (AvgIpc) is 3.03. The molecule has 3 atom stereocenters. The molecule has 2 aliphatic rings. The topological polar surface area (TPSA) is 108 Å². The number of nitrogens with zero attached hydrogens (tertiary/aromatic N) is 3. The molecule has 0 unspecified atom stereocenters. The Morgan fingerprint density at radius 2 is 1.51 bits per heavy atom. The highest BCUT2D eigenvalue weighted by molar-refractivity contribution is 5.92. The molecule has 2 fully saturated rings. The monoisotopic (exact) mass is 579 g/mol. The van der Waals surface area contributed by atoms with Gasteiger partial charge in [-0.15, -0.1) is 0 Å². The summed E-state index contributed by atoms with van der Waals surface area (Å²) in [4.78, 5) is 50.4. The first-order valence-electron chi connectivity index (χ1n) is 14.9. The molecule has 0 radical (unpaired) electrons. The van der Waals surface area contributed by atoms with Gasteiger partial charge >= 0.3 is 6.03 Å². The van der Waals surface area contributed by atoms with Crippen molar-refractivity contribution in [2.75, 3.05) is 13.2 Å². The molecule has 6 rings (SSSR count). The Morgan fingerprint density at radius 3 is 2.21 bits per heavy atom. The minimum Gasteiger partial charge on any atom is -0.332 e. The van der Waals surface area contributed by atoms with Crippen molar-refractivity contribution in [3.05, 3.63) is 96.1 Å². The fourth-order valence-electron chi connectivity index (χ4n) is 6.45. The zero-order chi connectivity index (χ0) is 29.9. The van der Waals surface area contributed by atoms with E-state index in [0.29, 0.717) is 25.9 Å². The Labute approximate surface area is 251 Å². The van der Waals surface area contributed by atoms with E-state index in [2.05, 4.69) is 11.4 Å². The number of fused-ring (bicyclic) bond motifs is 3. The van der Waals surface area contributed by atoms with Gasteiger partial charge in [0.25, 0.3) is 5.91 Å². The van der Waals surface area contributed by atoms with Crippen LogP contribution in [0.4, 0.5) is 4.79 Å². The van der Waals surface area contributed by atoms with Gasteiger partial charge in [-0.3, -0.25) is 14.4 Å². The van der Waals surface area contributed by atoms with Crippen molar-refractivity contribution in [1.82, 2.24) is 20.2 Å². The molecule has 4 aromatic carbocycles. The van der Waals surface area contributed by atoms with Crippen molar-refractivity contribution < 1.29 is 19.2 Å². The first-order valence-corrected chi connectivity index (χ1v) is 14.9. The van der Waals surface area contributed by atoms with E-state index in [1.54, 1.807) is 9.80 Å². The summed E-state index contributed by atoms with van der Waals surface area (Å²) in [6.07, 6.45) is 1.10. The molecule has 4 amide bonds. The van der Waals surface area contributed by atoms with Crippen LogP contribution < -0.4 is 11.1 Å². The molecule has 0 aromatic heterocycles. The lowest BCUT2D eigenvalue weighted by molar-refractivity contribution is -0.246. The second-order valence-electron chi connectivity index (χ2n) is 11.3. The van der Waals surface area contributed by atoms with Crippen LogP contribution in [0.25, 0.3) is 21.5 Å². The Morgan fingerprint density at radius 1 is 0.884 bits per heavy atom. The summed E-state index contributed by atoms with van der Waals surface area (Å²) in [5.74, 6) is -0.425. The summed E-state index contributed by atoms with van der Waals surface area (Å²) in [5, 5.41) is 8.55. The quantitative estimate of drug-likeness (QED) is 0.298. The largest absolute Gasteiger partial charge is 0.343 e. The molecule has 4 aromatic rings. The minimum absolute atomic E-state index is 0.125. The zero-order valence-corrected chi connectivity index (χ0v) is 24.3. The highest BCUT2D eigenvalue weighted by Crippen LogP contribution is 2.33. The van der Waals surface area contributed by atoms with Crippen LogP contribution >= 0.6 is 0 Å². The fraction of sp³-hybridized carbons (Fsp3) is 0.324. The highest BCUT2D eigenvalue weighted by atomic mass is 16.7. The van der Waals surface area contributed by atoms with Crippen LogP contribution in [0, 0.1) is 0 Å². The van der Waals surface area contributed by atoms with Gasteiger partial charge in [0.1, 0.15) is 6.04 Å². The van der Waals surface area contributed by atoms with Gasteiger partial charge in [0, 0.05) is 13.1 Å². The summed E-state index contributed by atoms with van der Waals surface area (Å²) in [6.45, 7) is 2.70. The third-order valence-corrected chi connectivity index (χ3v) is 8.63. The maximum Gasteiger partial charge on any atom is 0.343 e. The van der Waals surface area contributed by atoms with Crippen LogP contribution in [-0.4, -0.2) is 64.1 Å². The van der Waals surface area contributed by atoms with E-state index in [1.807, 2.05) is 85.8 Å². The normalized spacial score (nSPS) is 20.5. The summed E-state index contributed by atoms with van der Waals surface area (Å²) >= 11 is 0. The van der Waals surface area contributed by atoms with Crippen molar-refractivity contribution in [1.29, 1.82) is 0 Å². The zero-order valence-electron chi connectivity index (χ0n) is 24.3. The Hall–Kier alpha value is -4.47. The Balaban J connectivity index is 1.30. The summed E-state index contributed by atoms with van der Waals surface area (Å²) in [7, 11) is 0. The molecule has 2 aliphatic heterocycles. The van der Waals surface area contributed by atoms with E-state index >= 15 is 0 Å². The molecule has 43 heavy (non-hydrogen) atoms. The number of hydrogen-bond acceptors (Lipinski definition) is 5. The van der Waals surface area contributed by atoms with Gasteiger partial charge in [0.2, 0.25) is 5.91 Å². The van der Waals surface area contributed by atoms with E-state index in [4.69, 9.17) is 10.6 Å². The smallest absolute Gasteiger partial charge is 0.332 e. The lowest BCUT2D eigenvalue weighted by atomic mass is 9.96. The van der Waals surface area contributed by atoms with E-state index in [1.165, 1.54) is 5.06 Å². The van der Waals surface area contributed by atoms with Crippen molar-refractivity contribution >= 4 is 39.4 Å². The molecule has 0 bridgehead atoms. The number of urea groups is 1. The van der Waals surface area contributed by atoms with Crippen molar-refractivity contribution in [2.45, 2.75) is 57.5 Å². The number of rotatable bonds is 8. The molecule has 3 N–H and O–H groups in total. The van der Waals surface area contributed by atoms with Crippen LogP contribution in [0.5, 0.6) is 0 Å². The first kappa shape index (κ1) is 28.6. The molecule has 9 nitrogen and oxygen atoms in total. The second-order valence-corrected chi connectivity index (χ2v) is 11.3. The van der Waals surface area contributed by atoms with E-state index in [0.717, 1.165) is 39.1 Å². The SMILES string of the molecule is C[C@H]1[C@@H]2N(C(=O)NCc3cccc4ccccc34)OCC(=O)N2[C@@H](CCCCN)C(=O)N1Cc1cccc2ccccc12. The number of piperazine rings is 1. The highest BCUT2D eigenvalue weighted by Gasteiger charge is 2.53.